The Balaban J connectivity index is 1.69. The normalized spacial score (nSPS) is 15.6. The Kier molecular flexibility index (Phi) is 5.69. The lowest BCUT2D eigenvalue weighted by molar-refractivity contribution is -0.122. The summed E-state index contributed by atoms with van der Waals surface area (Å²) in [4.78, 5) is 13.3. The molecule has 1 N–H and O–H groups in total. The molecule has 4 rings (SSSR count). The lowest BCUT2D eigenvalue weighted by Crippen LogP contribution is -2.48. The molecule has 0 bridgehead atoms. The number of rotatable bonds is 4. The summed E-state index contributed by atoms with van der Waals surface area (Å²) in [5.74, 6) is -0.0269. The van der Waals surface area contributed by atoms with Crippen LogP contribution < -0.4 is 14.4 Å². The SMILES string of the molecule is Cc1ccc(S(=O)(=O)N2C[C@H](C(=O)Nc3ccc(C)cc3C)Oc3cc(C)ccc32)cc1. The van der Waals surface area contributed by atoms with Gasteiger partial charge in [0.1, 0.15) is 5.75 Å². The molecule has 0 unspecified atom stereocenters. The summed E-state index contributed by atoms with van der Waals surface area (Å²) < 4.78 is 34.2. The Morgan fingerprint density at radius 1 is 0.906 bits per heavy atom. The van der Waals surface area contributed by atoms with Crippen LogP contribution in [0.25, 0.3) is 0 Å². The molecule has 166 valence electrons. The average Bonchev–Trinajstić information content (AvgIpc) is 2.74. The Hall–Kier alpha value is -3.32. The molecule has 1 atom stereocenters. The number of ether oxygens (including phenoxy) is 1. The highest BCUT2D eigenvalue weighted by Crippen LogP contribution is 2.38. The first kappa shape index (κ1) is 21.9. The number of anilines is 2. The van der Waals surface area contributed by atoms with E-state index >= 15 is 0 Å². The van der Waals surface area contributed by atoms with Crippen LogP contribution in [0.2, 0.25) is 0 Å². The van der Waals surface area contributed by atoms with E-state index in [4.69, 9.17) is 4.74 Å². The molecular formula is C25H26N2O4S. The van der Waals surface area contributed by atoms with E-state index in [1.807, 2.05) is 52.0 Å². The fourth-order valence-electron chi connectivity index (χ4n) is 3.73. The van der Waals surface area contributed by atoms with Crippen LogP contribution in [0.4, 0.5) is 11.4 Å². The fourth-order valence-corrected chi connectivity index (χ4v) is 5.21. The number of benzene rings is 3. The van der Waals surface area contributed by atoms with Crippen molar-refractivity contribution in [1.29, 1.82) is 0 Å². The van der Waals surface area contributed by atoms with Crippen LogP contribution in [-0.4, -0.2) is 27.0 Å². The Morgan fingerprint density at radius 2 is 1.53 bits per heavy atom. The van der Waals surface area contributed by atoms with E-state index in [0.29, 0.717) is 17.1 Å². The van der Waals surface area contributed by atoms with Gasteiger partial charge in [-0.15, -0.1) is 0 Å². The van der Waals surface area contributed by atoms with Gasteiger partial charge >= 0.3 is 0 Å². The number of nitrogens with one attached hydrogen (secondary N) is 1. The third kappa shape index (κ3) is 4.21. The summed E-state index contributed by atoms with van der Waals surface area (Å²) in [5, 5.41) is 2.89. The van der Waals surface area contributed by atoms with Crippen molar-refractivity contribution in [2.24, 2.45) is 0 Å². The quantitative estimate of drug-likeness (QED) is 0.634. The van der Waals surface area contributed by atoms with Gasteiger partial charge in [0.15, 0.2) is 6.10 Å². The molecule has 0 radical (unpaired) electrons. The summed E-state index contributed by atoms with van der Waals surface area (Å²) >= 11 is 0. The lowest BCUT2D eigenvalue weighted by Gasteiger charge is -2.35. The van der Waals surface area contributed by atoms with Gasteiger partial charge in [-0.1, -0.05) is 41.5 Å². The van der Waals surface area contributed by atoms with Gasteiger partial charge in [-0.3, -0.25) is 9.10 Å². The number of carbonyl (C=O) groups is 1. The zero-order chi connectivity index (χ0) is 23.0. The van der Waals surface area contributed by atoms with Gasteiger partial charge in [-0.25, -0.2) is 8.42 Å². The first-order chi connectivity index (χ1) is 15.1. The number of amides is 1. The second-order valence-corrected chi connectivity index (χ2v) is 10.1. The second kappa shape index (κ2) is 8.31. The van der Waals surface area contributed by atoms with Crippen LogP contribution in [0.5, 0.6) is 5.75 Å². The van der Waals surface area contributed by atoms with Gasteiger partial charge in [0.25, 0.3) is 15.9 Å². The smallest absolute Gasteiger partial charge is 0.267 e. The molecule has 0 saturated carbocycles. The summed E-state index contributed by atoms with van der Waals surface area (Å²) in [7, 11) is -3.88. The molecule has 7 heteroatoms. The minimum absolute atomic E-state index is 0.122. The zero-order valence-corrected chi connectivity index (χ0v) is 19.4. The van der Waals surface area contributed by atoms with Crippen LogP contribution in [0, 0.1) is 27.7 Å². The van der Waals surface area contributed by atoms with Gasteiger partial charge in [0.2, 0.25) is 0 Å². The van der Waals surface area contributed by atoms with Crippen molar-refractivity contribution in [1.82, 2.24) is 0 Å². The average molecular weight is 451 g/mol. The fraction of sp³-hybridized carbons (Fsp3) is 0.240. The van der Waals surface area contributed by atoms with E-state index < -0.39 is 22.0 Å². The minimum atomic E-state index is -3.88. The van der Waals surface area contributed by atoms with Crippen LogP contribution in [0.15, 0.2) is 65.6 Å². The summed E-state index contributed by atoms with van der Waals surface area (Å²) in [5.41, 5.74) is 4.99. The molecule has 1 aliphatic heterocycles. The molecule has 0 aliphatic carbocycles. The molecular weight excluding hydrogens is 424 g/mol. The molecule has 0 aromatic heterocycles. The van der Waals surface area contributed by atoms with Crippen molar-refractivity contribution in [3.8, 4) is 5.75 Å². The molecule has 0 fully saturated rings. The van der Waals surface area contributed by atoms with E-state index in [-0.39, 0.29) is 11.4 Å². The number of nitrogens with zero attached hydrogens (tertiary/aromatic N) is 1. The summed E-state index contributed by atoms with van der Waals surface area (Å²) in [6, 6.07) is 17.7. The molecule has 1 heterocycles. The predicted molar refractivity (Wildman–Crippen MR) is 126 cm³/mol. The largest absolute Gasteiger partial charge is 0.476 e. The zero-order valence-electron chi connectivity index (χ0n) is 18.5. The molecule has 3 aromatic carbocycles. The molecule has 1 amide bonds. The number of aryl methyl sites for hydroxylation is 4. The first-order valence-corrected chi connectivity index (χ1v) is 11.8. The molecule has 0 saturated heterocycles. The summed E-state index contributed by atoms with van der Waals surface area (Å²) in [6.45, 7) is 7.56. The van der Waals surface area contributed by atoms with E-state index in [2.05, 4.69) is 5.32 Å². The van der Waals surface area contributed by atoms with Crippen molar-refractivity contribution < 1.29 is 17.9 Å². The Labute approximate surface area is 188 Å². The molecule has 6 nitrogen and oxygen atoms in total. The van der Waals surface area contributed by atoms with Crippen molar-refractivity contribution in [2.75, 3.05) is 16.2 Å². The van der Waals surface area contributed by atoms with Crippen LogP contribution in [0.3, 0.4) is 0 Å². The maximum absolute atomic E-state index is 13.5. The van der Waals surface area contributed by atoms with Crippen molar-refractivity contribution in [3.05, 3.63) is 82.9 Å². The van der Waals surface area contributed by atoms with Gasteiger partial charge in [-0.2, -0.15) is 0 Å². The van der Waals surface area contributed by atoms with E-state index in [9.17, 15) is 13.2 Å². The number of hydrogen-bond acceptors (Lipinski definition) is 4. The van der Waals surface area contributed by atoms with E-state index in [1.54, 1.807) is 36.4 Å². The summed E-state index contributed by atoms with van der Waals surface area (Å²) in [6.07, 6.45) is -0.995. The topological polar surface area (TPSA) is 75.7 Å². The number of sulfonamides is 1. The maximum Gasteiger partial charge on any atom is 0.267 e. The lowest BCUT2D eigenvalue weighted by atomic mass is 10.1. The highest BCUT2D eigenvalue weighted by molar-refractivity contribution is 7.92. The van der Waals surface area contributed by atoms with Crippen LogP contribution >= 0.6 is 0 Å². The highest BCUT2D eigenvalue weighted by Gasteiger charge is 2.37. The van der Waals surface area contributed by atoms with Gasteiger partial charge in [0.05, 0.1) is 17.1 Å². The van der Waals surface area contributed by atoms with Crippen molar-refractivity contribution in [2.45, 2.75) is 38.7 Å². The van der Waals surface area contributed by atoms with E-state index in [0.717, 1.165) is 22.3 Å². The van der Waals surface area contributed by atoms with Gasteiger partial charge < -0.3 is 10.1 Å². The molecule has 0 spiro atoms. The van der Waals surface area contributed by atoms with Crippen LogP contribution in [0.1, 0.15) is 22.3 Å². The second-order valence-electron chi connectivity index (χ2n) is 8.23. The number of fused-ring (bicyclic) bond motifs is 1. The van der Waals surface area contributed by atoms with Crippen molar-refractivity contribution in [3.63, 3.8) is 0 Å². The first-order valence-electron chi connectivity index (χ1n) is 10.4. The predicted octanol–water partition coefficient (Wildman–Crippen LogP) is 4.52. The maximum atomic E-state index is 13.5. The molecule has 32 heavy (non-hydrogen) atoms. The third-order valence-electron chi connectivity index (χ3n) is 5.53. The van der Waals surface area contributed by atoms with Gasteiger partial charge in [-0.05, 0) is 69.2 Å². The standard InChI is InChI=1S/C25H26N2O4S/c1-16-5-9-20(10-6-16)32(29,30)27-15-24(31-23-14-18(3)8-12-22(23)27)25(28)26-21-11-7-17(2)13-19(21)4/h5-14,24H,15H2,1-4H3,(H,26,28)/t24-/m1/s1. The molecule has 3 aromatic rings. The highest BCUT2D eigenvalue weighted by atomic mass is 32.2. The number of hydrogen-bond donors (Lipinski definition) is 1. The van der Waals surface area contributed by atoms with E-state index in [1.165, 1.54) is 4.31 Å². The van der Waals surface area contributed by atoms with Crippen LogP contribution in [-0.2, 0) is 14.8 Å². The third-order valence-corrected chi connectivity index (χ3v) is 7.32. The van der Waals surface area contributed by atoms with Crippen molar-refractivity contribution >= 4 is 27.3 Å². The Bertz CT molecular complexity index is 1280. The number of carbonyl (C=O) groups excluding carboxylic acids is 1. The molecule has 1 aliphatic rings. The van der Waals surface area contributed by atoms with Gasteiger partial charge in [0, 0.05) is 5.69 Å². The minimum Gasteiger partial charge on any atom is -0.476 e. The Morgan fingerprint density at radius 3 is 2.22 bits per heavy atom. The monoisotopic (exact) mass is 450 g/mol.